The van der Waals surface area contributed by atoms with Crippen LogP contribution in [-0.2, 0) is 26.2 Å². The van der Waals surface area contributed by atoms with Crippen LogP contribution < -0.4 is 0 Å². The molecule has 0 aliphatic carbocycles. The van der Waals surface area contributed by atoms with Crippen molar-refractivity contribution in [1.82, 2.24) is 8.61 Å². The van der Waals surface area contributed by atoms with Crippen molar-refractivity contribution in [1.29, 1.82) is 0 Å². The van der Waals surface area contributed by atoms with Crippen LogP contribution in [-0.4, -0.2) is 56.8 Å². The summed E-state index contributed by atoms with van der Waals surface area (Å²) in [4.78, 5) is 12.7. The fraction of sp³-hybridized carbons (Fsp3) is 0.588. The van der Waals surface area contributed by atoms with E-state index in [-0.39, 0.29) is 19.1 Å². The van der Waals surface area contributed by atoms with Crippen LogP contribution in [0, 0.1) is 5.41 Å². The molecule has 1 heterocycles. The normalized spacial score (nSPS) is 22.5. The van der Waals surface area contributed by atoms with Crippen molar-refractivity contribution in [2.75, 3.05) is 33.8 Å². The minimum absolute atomic E-state index is 0.154. The molecular weight excluding hydrogens is 328 g/mol. The first-order valence-electron chi connectivity index (χ1n) is 8.20. The lowest BCUT2D eigenvalue weighted by molar-refractivity contribution is -0.158. The van der Waals surface area contributed by atoms with Crippen LogP contribution in [0.25, 0.3) is 0 Å². The summed E-state index contributed by atoms with van der Waals surface area (Å²) in [6, 6.07) is 9.68. The molecule has 1 aliphatic rings. The highest BCUT2D eigenvalue weighted by atomic mass is 32.2. The van der Waals surface area contributed by atoms with E-state index in [4.69, 9.17) is 4.74 Å². The van der Waals surface area contributed by atoms with E-state index in [1.54, 1.807) is 6.92 Å². The summed E-state index contributed by atoms with van der Waals surface area (Å²) < 4.78 is 32.9. The molecule has 1 aliphatic heterocycles. The van der Waals surface area contributed by atoms with E-state index in [0.717, 1.165) is 5.56 Å². The van der Waals surface area contributed by atoms with Crippen LogP contribution in [0.15, 0.2) is 30.3 Å². The molecule has 0 aromatic heterocycles. The number of benzene rings is 1. The standard InChI is InChI=1S/C17H26N2O4S/c1-4-23-16(20)17(13-15-9-6-5-7-10-15)11-8-12-19(14-17)24(21,22)18(2)3/h5-7,9-10H,4,8,11-14H2,1-3H3/t17-/m0/s1. The van der Waals surface area contributed by atoms with Gasteiger partial charge in [0.2, 0.25) is 0 Å². The van der Waals surface area contributed by atoms with E-state index in [9.17, 15) is 13.2 Å². The van der Waals surface area contributed by atoms with Gasteiger partial charge in [-0.05, 0) is 31.7 Å². The molecule has 1 saturated heterocycles. The number of carbonyl (C=O) groups is 1. The average Bonchev–Trinajstić information content (AvgIpc) is 2.56. The summed E-state index contributed by atoms with van der Waals surface area (Å²) in [5, 5.41) is 0. The second kappa shape index (κ2) is 7.63. The van der Waals surface area contributed by atoms with E-state index in [0.29, 0.717) is 25.8 Å². The summed E-state index contributed by atoms with van der Waals surface area (Å²) in [6.07, 6.45) is 1.74. The van der Waals surface area contributed by atoms with Crippen molar-refractivity contribution in [2.45, 2.75) is 26.2 Å². The molecular formula is C17H26N2O4S. The zero-order valence-electron chi connectivity index (χ0n) is 14.6. The van der Waals surface area contributed by atoms with Gasteiger partial charge in [-0.2, -0.15) is 17.0 Å². The van der Waals surface area contributed by atoms with Crippen molar-refractivity contribution in [3.8, 4) is 0 Å². The maximum absolute atomic E-state index is 12.7. The first kappa shape index (κ1) is 18.9. The van der Waals surface area contributed by atoms with Gasteiger partial charge in [-0.3, -0.25) is 4.79 Å². The first-order chi connectivity index (χ1) is 11.3. The number of rotatable bonds is 6. The predicted molar refractivity (Wildman–Crippen MR) is 92.6 cm³/mol. The minimum Gasteiger partial charge on any atom is -0.466 e. The van der Waals surface area contributed by atoms with Crippen LogP contribution >= 0.6 is 0 Å². The van der Waals surface area contributed by atoms with Gasteiger partial charge in [0, 0.05) is 27.2 Å². The Morgan fingerprint density at radius 2 is 1.96 bits per heavy atom. The molecule has 0 radical (unpaired) electrons. The molecule has 1 fully saturated rings. The Balaban J connectivity index is 2.34. The lowest BCUT2D eigenvalue weighted by atomic mass is 9.75. The van der Waals surface area contributed by atoms with E-state index in [1.165, 1.54) is 22.7 Å². The Morgan fingerprint density at radius 3 is 2.54 bits per heavy atom. The molecule has 6 nitrogen and oxygen atoms in total. The minimum atomic E-state index is -3.55. The average molecular weight is 354 g/mol. The van der Waals surface area contributed by atoms with Gasteiger partial charge < -0.3 is 4.74 Å². The van der Waals surface area contributed by atoms with Gasteiger partial charge in [0.1, 0.15) is 0 Å². The number of piperidine rings is 1. The molecule has 0 N–H and O–H groups in total. The number of esters is 1. The topological polar surface area (TPSA) is 66.9 Å². The molecule has 1 aromatic rings. The molecule has 134 valence electrons. The summed E-state index contributed by atoms with van der Waals surface area (Å²) in [5.74, 6) is -0.312. The van der Waals surface area contributed by atoms with Gasteiger partial charge in [-0.1, -0.05) is 30.3 Å². The van der Waals surface area contributed by atoms with Gasteiger partial charge in [0.15, 0.2) is 0 Å². The molecule has 1 aromatic carbocycles. The van der Waals surface area contributed by atoms with Crippen LogP contribution in [0.3, 0.4) is 0 Å². The summed E-state index contributed by atoms with van der Waals surface area (Å²) >= 11 is 0. The Morgan fingerprint density at radius 1 is 1.29 bits per heavy atom. The zero-order valence-corrected chi connectivity index (χ0v) is 15.4. The number of hydrogen-bond donors (Lipinski definition) is 0. The van der Waals surface area contributed by atoms with Crippen molar-refractivity contribution in [3.05, 3.63) is 35.9 Å². The fourth-order valence-electron chi connectivity index (χ4n) is 3.17. The highest BCUT2D eigenvalue weighted by Crippen LogP contribution is 2.36. The zero-order chi connectivity index (χ0) is 17.8. The number of ether oxygens (including phenoxy) is 1. The molecule has 0 bridgehead atoms. The molecule has 1 atom stereocenters. The largest absolute Gasteiger partial charge is 0.466 e. The van der Waals surface area contributed by atoms with Crippen molar-refractivity contribution >= 4 is 16.2 Å². The quantitative estimate of drug-likeness (QED) is 0.729. The molecule has 0 amide bonds. The highest BCUT2D eigenvalue weighted by molar-refractivity contribution is 7.86. The van der Waals surface area contributed by atoms with E-state index in [1.807, 2.05) is 30.3 Å². The summed E-state index contributed by atoms with van der Waals surface area (Å²) in [5.41, 5.74) is 0.174. The van der Waals surface area contributed by atoms with E-state index >= 15 is 0 Å². The monoisotopic (exact) mass is 354 g/mol. The SMILES string of the molecule is CCOC(=O)[C@]1(Cc2ccccc2)CCCN(S(=O)(=O)N(C)C)C1. The lowest BCUT2D eigenvalue weighted by Gasteiger charge is -2.41. The maximum atomic E-state index is 12.7. The summed E-state index contributed by atoms with van der Waals surface area (Å²) in [7, 11) is -0.539. The third kappa shape index (κ3) is 3.96. The van der Waals surface area contributed by atoms with Crippen LogP contribution in [0.4, 0.5) is 0 Å². The third-order valence-corrected chi connectivity index (χ3v) is 6.31. The molecule has 7 heteroatoms. The van der Waals surface area contributed by atoms with Gasteiger partial charge in [-0.15, -0.1) is 0 Å². The predicted octanol–water partition coefficient (Wildman–Crippen LogP) is 1.68. The molecule has 24 heavy (non-hydrogen) atoms. The van der Waals surface area contributed by atoms with Crippen LogP contribution in [0.1, 0.15) is 25.3 Å². The Bertz CT molecular complexity index is 660. The van der Waals surface area contributed by atoms with Crippen molar-refractivity contribution in [2.24, 2.45) is 5.41 Å². The molecule has 0 unspecified atom stereocenters. The molecule has 2 rings (SSSR count). The molecule has 0 saturated carbocycles. The lowest BCUT2D eigenvalue weighted by Crippen LogP contribution is -2.53. The van der Waals surface area contributed by atoms with E-state index in [2.05, 4.69) is 0 Å². The Kier molecular flexibility index (Phi) is 6.01. The number of hydrogen-bond acceptors (Lipinski definition) is 4. The van der Waals surface area contributed by atoms with Gasteiger partial charge >= 0.3 is 5.97 Å². The Hall–Kier alpha value is -1.44. The maximum Gasteiger partial charge on any atom is 0.313 e. The van der Waals surface area contributed by atoms with Crippen molar-refractivity contribution < 1.29 is 17.9 Å². The van der Waals surface area contributed by atoms with Crippen LogP contribution in [0.2, 0.25) is 0 Å². The smallest absolute Gasteiger partial charge is 0.313 e. The number of nitrogens with zero attached hydrogens (tertiary/aromatic N) is 2. The summed E-state index contributed by atoms with van der Waals surface area (Å²) in [6.45, 7) is 2.64. The van der Waals surface area contributed by atoms with Crippen molar-refractivity contribution in [3.63, 3.8) is 0 Å². The highest BCUT2D eigenvalue weighted by Gasteiger charge is 2.46. The molecule has 0 spiro atoms. The second-order valence-electron chi connectivity index (χ2n) is 6.39. The van der Waals surface area contributed by atoms with E-state index < -0.39 is 15.6 Å². The fourth-order valence-corrected chi connectivity index (χ4v) is 4.40. The van der Waals surface area contributed by atoms with Gasteiger partial charge in [0.25, 0.3) is 10.2 Å². The first-order valence-corrected chi connectivity index (χ1v) is 9.60. The van der Waals surface area contributed by atoms with Crippen LogP contribution in [0.5, 0.6) is 0 Å². The van der Waals surface area contributed by atoms with Gasteiger partial charge in [-0.25, -0.2) is 0 Å². The third-order valence-electron chi connectivity index (χ3n) is 4.42. The second-order valence-corrected chi connectivity index (χ2v) is 8.53. The number of carbonyl (C=O) groups excluding carboxylic acids is 1. The Labute approximate surface area is 144 Å². The van der Waals surface area contributed by atoms with Gasteiger partial charge in [0.05, 0.1) is 12.0 Å².